The molecule has 2 rings (SSSR count). The highest BCUT2D eigenvalue weighted by atomic mass is 16.5. The maximum Gasteiger partial charge on any atom is 0.305 e. The summed E-state index contributed by atoms with van der Waals surface area (Å²) in [6.07, 6.45) is -0.175. The quantitative estimate of drug-likeness (QED) is 0.854. The number of carbonyl (C=O) groups excluding carboxylic acids is 1. The van der Waals surface area contributed by atoms with E-state index in [0.717, 1.165) is 16.7 Å². The Balaban J connectivity index is 2.28. The minimum absolute atomic E-state index is 0.175. The molecule has 24 heavy (non-hydrogen) atoms. The summed E-state index contributed by atoms with van der Waals surface area (Å²) in [4.78, 5) is 23.8. The van der Waals surface area contributed by atoms with Crippen molar-refractivity contribution in [2.75, 3.05) is 7.11 Å². The molecule has 1 amide bonds. The summed E-state index contributed by atoms with van der Waals surface area (Å²) in [5.74, 6) is -0.593. The number of carbonyl (C=O) groups is 2. The van der Waals surface area contributed by atoms with E-state index in [0.29, 0.717) is 11.3 Å². The number of hydrogen-bond donors (Lipinski definition) is 2. The van der Waals surface area contributed by atoms with Gasteiger partial charge in [-0.15, -0.1) is 0 Å². The molecule has 0 aromatic heterocycles. The Hall–Kier alpha value is -2.82. The molecule has 2 N–H and O–H groups in total. The van der Waals surface area contributed by atoms with Crippen molar-refractivity contribution in [2.45, 2.75) is 26.3 Å². The number of aryl methyl sites for hydroxylation is 2. The number of amides is 1. The number of hydrogen-bond acceptors (Lipinski definition) is 3. The number of nitrogens with one attached hydrogen (secondary N) is 1. The van der Waals surface area contributed by atoms with Gasteiger partial charge < -0.3 is 15.2 Å². The van der Waals surface area contributed by atoms with Crippen molar-refractivity contribution < 1.29 is 19.4 Å². The summed E-state index contributed by atoms with van der Waals surface area (Å²) in [6, 6.07) is 12.0. The molecule has 0 radical (unpaired) electrons. The molecule has 2 aromatic rings. The lowest BCUT2D eigenvalue weighted by Crippen LogP contribution is -2.31. The molecule has 1 unspecified atom stereocenters. The van der Waals surface area contributed by atoms with E-state index in [1.165, 1.54) is 0 Å². The van der Waals surface area contributed by atoms with Gasteiger partial charge in [0.25, 0.3) is 5.91 Å². The molecule has 0 aliphatic heterocycles. The van der Waals surface area contributed by atoms with Crippen molar-refractivity contribution in [3.05, 3.63) is 64.7 Å². The standard InChI is InChI=1S/C19H21NO4/c1-12-6-4-5-7-15(12)17(11-18(21)22)20-19(23)16-9-8-14(24-3)10-13(16)2/h4-10,17H,11H2,1-3H3,(H,20,23)(H,21,22). The van der Waals surface area contributed by atoms with Crippen LogP contribution in [-0.2, 0) is 4.79 Å². The molecule has 0 aliphatic carbocycles. The molecular weight excluding hydrogens is 306 g/mol. The molecule has 0 aliphatic rings. The zero-order valence-corrected chi connectivity index (χ0v) is 14.0. The van der Waals surface area contributed by atoms with Crippen molar-refractivity contribution in [3.8, 4) is 5.75 Å². The minimum Gasteiger partial charge on any atom is -0.497 e. The maximum atomic E-state index is 12.6. The van der Waals surface area contributed by atoms with E-state index in [1.54, 1.807) is 25.3 Å². The molecule has 5 heteroatoms. The lowest BCUT2D eigenvalue weighted by Gasteiger charge is -2.20. The number of aliphatic carboxylic acids is 1. The van der Waals surface area contributed by atoms with Crippen LogP contribution in [0.4, 0.5) is 0 Å². The fourth-order valence-electron chi connectivity index (χ4n) is 2.65. The van der Waals surface area contributed by atoms with E-state index in [-0.39, 0.29) is 12.3 Å². The van der Waals surface area contributed by atoms with Crippen LogP contribution < -0.4 is 10.1 Å². The Morgan fingerprint density at radius 3 is 2.42 bits per heavy atom. The Bertz CT molecular complexity index is 755. The fourth-order valence-corrected chi connectivity index (χ4v) is 2.65. The average Bonchev–Trinajstić information content (AvgIpc) is 2.54. The van der Waals surface area contributed by atoms with Gasteiger partial charge in [-0.3, -0.25) is 9.59 Å². The van der Waals surface area contributed by atoms with Gasteiger partial charge in [0.2, 0.25) is 0 Å². The van der Waals surface area contributed by atoms with Crippen molar-refractivity contribution in [2.24, 2.45) is 0 Å². The van der Waals surface area contributed by atoms with Gasteiger partial charge in [0, 0.05) is 5.56 Å². The molecule has 0 saturated heterocycles. The highest BCUT2D eigenvalue weighted by molar-refractivity contribution is 5.96. The smallest absolute Gasteiger partial charge is 0.305 e. The Labute approximate surface area is 141 Å². The van der Waals surface area contributed by atoms with Crippen LogP contribution in [-0.4, -0.2) is 24.1 Å². The number of carboxylic acids is 1. The third-order valence-corrected chi connectivity index (χ3v) is 3.93. The molecule has 0 heterocycles. The van der Waals surface area contributed by atoms with Gasteiger partial charge in [0.05, 0.1) is 19.6 Å². The Morgan fingerprint density at radius 1 is 1.12 bits per heavy atom. The molecule has 0 bridgehead atoms. The molecule has 1 atom stereocenters. The number of carboxylic acid groups (broad SMARTS) is 1. The second kappa shape index (κ2) is 7.64. The SMILES string of the molecule is COc1ccc(C(=O)NC(CC(=O)O)c2ccccc2C)c(C)c1. The van der Waals surface area contributed by atoms with Crippen molar-refractivity contribution >= 4 is 11.9 Å². The van der Waals surface area contributed by atoms with Gasteiger partial charge in [-0.05, 0) is 48.7 Å². The third-order valence-electron chi connectivity index (χ3n) is 3.93. The second-order valence-electron chi connectivity index (χ2n) is 5.66. The van der Waals surface area contributed by atoms with Gasteiger partial charge in [0.15, 0.2) is 0 Å². The summed E-state index contributed by atoms with van der Waals surface area (Å²) in [5.41, 5.74) is 3.01. The topological polar surface area (TPSA) is 75.6 Å². The first kappa shape index (κ1) is 17.5. The zero-order valence-electron chi connectivity index (χ0n) is 14.0. The summed E-state index contributed by atoms with van der Waals surface area (Å²) >= 11 is 0. The van der Waals surface area contributed by atoms with Gasteiger partial charge >= 0.3 is 5.97 Å². The van der Waals surface area contributed by atoms with E-state index in [2.05, 4.69) is 5.32 Å². The van der Waals surface area contributed by atoms with E-state index >= 15 is 0 Å². The fraction of sp³-hybridized carbons (Fsp3) is 0.263. The zero-order chi connectivity index (χ0) is 17.7. The number of rotatable bonds is 6. The maximum absolute atomic E-state index is 12.6. The number of methoxy groups -OCH3 is 1. The molecule has 5 nitrogen and oxygen atoms in total. The van der Waals surface area contributed by atoms with E-state index in [1.807, 2.05) is 38.1 Å². The minimum atomic E-state index is -0.963. The largest absolute Gasteiger partial charge is 0.497 e. The summed E-state index contributed by atoms with van der Waals surface area (Å²) in [7, 11) is 1.57. The first-order valence-corrected chi connectivity index (χ1v) is 7.65. The van der Waals surface area contributed by atoms with Crippen LogP contribution in [0.3, 0.4) is 0 Å². The van der Waals surface area contributed by atoms with E-state index < -0.39 is 12.0 Å². The summed E-state index contributed by atoms with van der Waals surface area (Å²) in [6.45, 7) is 3.71. The molecule has 0 fully saturated rings. The van der Waals surface area contributed by atoms with Gasteiger partial charge in [0.1, 0.15) is 5.75 Å². The lowest BCUT2D eigenvalue weighted by atomic mass is 9.98. The molecule has 2 aromatic carbocycles. The van der Waals surface area contributed by atoms with Crippen molar-refractivity contribution in [1.29, 1.82) is 0 Å². The monoisotopic (exact) mass is 327 g/mol. The Kier molecular flexibility index (Phi) is 5.58. The molecule has 0 spiro atoms. The average molecular weight is 327 g/mol. The van der Waals surface area contributed by atoms with Crippen LogP contribution in [0.1, 0.15) is 39.5 Å². The molecular formula is C19H21NO4. The normalized spacial score (nSPS) is 11.6. The van der Waals surface area contributed by atoms with E-state index in [4.69, 9.17) is 4.74 Å². The predicted octanol–water partition coefficient (Wildman–Crippen LogP) is 3.26. The highest BCUT2D eigenvalue weighted by Crippen LogP contribution is 2.23. The molecule has 126 valence electrons. The van der Waals surface area contributed by atoms with Crippen molar-refractivity contribution in [3.63, 3.8) is 0 Å². The Morgan fingerprint density at radius 2 is 1.83 bits per heavy atom. The summed E-state index contributed by atoms with van der Waals surface area (Å²) < 4.78 is 5.14. The van der Waals surface area contributed by atoms with Crippen LogP contribution in [0.25, 0.3) is 0 Å². The second-order valence-corrected chi connectivity index (χ2v) is 5.66. The number of benzene rings is 2. The highest BCUT2D eigenvalue weighted by Gasteiger charge is 2.21. The first-order valence-electron chi connectivity index (χ1n) is 7.65. The molecule has 0 saturated carbocycles. The third kappa shape index (κ3) is 4.13. The van der Waals surface area contributed by atoms with E-state index in [9.17, 15) is 14.7 Å². The van der Waals surface area contributed by atoms with Crippen LogP contribution >= 0.6 is 0 Å². The van der Waals surface area contributed by atoms with Crippen molar-refractivity contribution in [1.82, 2.24) is 5.32 Å². The van der Waals surface area contributed by atoms with Crippen LogP contribution in [0.2, 0.25) is 0 Å². The van der Waals surface area contributed by atoms with Gasteiger partial charge in [-0.25, -0.2) is 0 Å². The van der Waals surface area contributed by atoms with Gasteiger partial charge in [-0.1, -0.05) is 24.3 Å². The lowest BCUT2D eigenvalue weighted by molar-refractivity contribution is -0.137. The van der Waals surface area contributed by atoms with Gasteiger partial charge in [-0.2, -0.15) is 0 Å². The predicted molar refractivity (Wildman–Crippen MR) is 91.4 cm³/mol. The number of ether oxygens (including phenoxy) is 1. The first-order chi connectivity index (χ1) is 11.4. The van der Waals surface area contributed by atoms with Crippen LogP contribution in [0.15, 0.2) is 42.5 Å². The summed E-state index contributed by atoms with van der Waals surface area (Å²) in [5, 5.41) is 12.0. The van der Waals surface area contributed by atoms with Crippen LogP contribution in [0, 0.1) is 13.8 Å². The van der Waals surface area contributed by atoms with Crippen LogP contribution in [0.5, 0.6) is 5.75 Å².